The van der Waals surface area contributed by atoms with Crippen LogP contribution in [-0.4, -0.2) is 82.3 Å². The molecular weight excluding hydrogens is 573 g/mol. The van der Waals surface area contributed by atoms with Gasteiger partial charge in [-0.1, -0.05) is 40.0 Å². The molecule has 43 heavy (non-hydrogen) atoms. The summed E-state index contributed by atoms with van der Waals surface area (Å²) in [7, 11) is -0.995. The van der Waals surface area contributed by atoms with E-state index in [2.05, 4.69) is 31.1 Å². The fourth-order valence-electron chi connectivity index (χ4n) is 5.54. The summed E-state index contributed by atoms with van der Waals surface area (Å²) in [4.78, 5) is 62.6. The Kier molecular flexibility index (Phi) is 17.0. The van der Waals surface area contributed by atoms with Gasteiger partial charge in [0.05, 0.1) is 37.7 Å². The van der Waals surface area contributed by atoms with Crippen LogP contribution in [0, 0.1) is 0 Å². The number of esters is 1. The van der Waals surface area contributed by atoms with E-state index in [0.717, 1.165) is 11.0 Å². The molecule has 12 heteroatoms. The molecule has 0 aromatic carbocycles. The summed E-state index contributed by atoms with van der Waals surface area (Å²) in [5.74, 6) is -0.969. The van der Waals surface area contributed by atoms with E-state index in [1.165, 1.54) is 75.4 Å². The van der Waals surface area contributed by atoms with Crippen molar-refractivity contribution in [1.29, 1.82) is 0 Å². The number of ether oxygens (including phenoxy) is 2. The molecule has 1 unspecified atom stereocenters. The van der Waals surface area contributed by atoms with Crippen molar-refractivity contribution >= 4 is 24.9 Å². The van der Waals surface area contributed by atoms with Crippen molar-refractivity contribution in [3.63, 3.8) is 0 Å². The number of ketones is 1. The molecule has 1 aliphatic heterocycles. The van der Waals surface area contributed by atoms with Crippen LogP contribution in [0.25, 0.3) is 0 Å². The number of carbonyl (C=O) groups excluding carboxylic acids is 3. The number of nitrogens with one attached hydrogen (secondary N) is 2. The first-order chi connectivity index (χ1) is 20.7. The van der Waals surface area contributed by atoms with Gasteiger partial charge in [-0.15, -0.1) is 0 Å². The van der Waals surface area contributed by atoms with Crippen molar-refractivity contribution < 1.29 is 29.0 Å². The number of aromatic nitrogens is 2. The van der Waals surface area contributed by atoms with Crippen LogP contribution in [0.4, 0.5) is 0 Å². The largest absolute Gasteiger partial charge is 0.459 e. The molecule has 244 valence electrons. The third-order valence-corrected chi connectivity index (χ3v) is 13.2. The molecule has 2 rings (SSSR count). The van der Waals surface area contributed by atoms with Crippen LogP contribution in [0.3, 0.4) is 0 Å². The van der Waals surface area contributed by atoms with Crippen LogP contribution in [-0.2, 0) is 23.9 Å². The minimum Gasteiger partial charge on any atom is -0.459 e. The Labute approximate surface area is 255 Å². The highest BCUT2D eigenvalue weighted by Crippen LogP contribution is 2.61. The van der Waals surface area contributed by atoms with Crippen molar-refractivity contribution in [2.24, 2.45) is 0 Å². The number of aromatic amines is 1. The lowest BCUT2D eigenvalue weighted by atomic mass is 10.1. The van der Waals surface area contributed by atoms with Gasteiger partial charge in [0.1, 0.15) is 24.2 Å². The Hall–Kier alpha value is -2.36. The highest BCUT2D eigenvalue weighted by Gasteiger charge is 2.39. The lowest BCUT2D eigenvalue weighted by Gasteiger charge is -2.28. The van der Waals surface area contributed by atoms with Crippen molar-refractivity contribution in [2.75, 3.05) is 37.8 Å². The van der Waals surface area contributed by atoms with E-state index in [4.69, 9.17) is 9.47 Å². The first-order valence-electron chi connectivity index (χ1n) is 16.1. The Morgan fingerprint density at radius 2 is 1.58 bits per heavy atom. The number of amides is 1. The smallest absolute Gasteiger partial charge is 0.330 e. The molecule has 1 aromatic heterocycles. The minimum absolute atomic E-state index is 0.0500. The fourth-order valence-corrected chi connectivity index (χ4v) is 10.7. The van der Waals surface area contributed by atoms with Crippen LogP contribution >= 0.6 is 7.26 Å². The zero-order valence-corrected chi connectivity index (χ0v) is 27.2. The molecule has 0 radical (unpaired) electrons. The van der Waals surface area contributed by atoms with Crippen molar-refractivity contribution in [3.8, 4) is 0 Å². The van der Waals surface area contributed by atoms with Gasteiger partial charge in [0, 0.05) is 51.8 Å². The number of H-pyrrole nitrogens is 1. The summed E-state index contributed by atoms with van der Waals surface area (Å²) >= 11 is 0. The highest BCUT2D eigenvalue weighted by atomic mass is 31.2. The molecule has 0 bridgehead atoms. The van der Waals surface area contributed by atoms with Crippen LogP contribution in [0.1, 0.15) is 104 Å². The van der Waals surface area contributed by atoms with E-state index in [1.54, 1.807) is 0 Å². The van der Waals surface area contributed by atoms with E-state index >= 15 is 0 Å². The number of rotatable bonds is 22. The first-order valence-corrected chi connectivity index (χ1v) is 18.6. The molecule has 1 aromatic rings. The normalized spacial score (nSPS) is 18.5. The predicted octanol–water partition coefficient (Wildman–Crippen LogP) is 3.78. The first kappa shape index (κ1) is 36.8. The minimum atomic E-state index is -0.995. The van der Waals surface area contributed by atoms with Crippen molar-refractivity contribution in [3.05, 3.63) is 33.1 Å². The second kappa shape index (κ2) is 19.8. The Morgan fingerprint density at radius 3 is 2.16 bits per heavy atom. The Bertz CT molecular complexity index is 1100. The van der Waals surface area contributed by atoms with Gasteiger partial charge in [-0.25, -0.2) is 4.79 Å². The molecule has 1 amide bonds. The molecule has 2 heterocycles. The number of unbranched alkanes of at least 4 members (excludes halogenated alkanes) is 3. The number of carbonyl (C=O) groups is 3. The van der Waals surface area contributed by atoms with E-state index in [1.807, 2.05) is 0 Å². The Morgan fingerprint density at radius 1 is 0.977 bits per heavy atom. The van der Waals surface area contributed by atoms with Gasteiger partial charge < -0.3 is 19.9 Å². The van der Waals surface area contributed by atoms with E-state index < -0.39 is 49.5 Å². The van der Waals surface area contributed by atoms with Gasteiger partial charge in [0.25, 0.3) is 5.56 Å². The zero-order valence-electron chi connectivity index (χ0n) is 26.3. The lowest BCUT2D eigenvalue weighted by Crippen LogP contribution is -2.31. The average Bonchev–Trinajstić information content (AvgIpc) is 3.39. The summed E-state index contributed by atoms with van der Waals surface area (Å²) in [6.45, 7) is 6.97. The van der Waals surface area contributed by atoms with Crippen LogP contribution in [0.15, 0.2) is 21.9 Å². The maximum Gasteiger partial charge on any atom is 0.330 e. The maximum atomic E-state index is 12.4. The highest BCUT2D eigenvalue weighted by molar-refractivity contribution is 7.75. The third kappa shape index (κ3) is 13.0. The van der Waals surface area contributed by atoms with Gasteiger partial charge in [-0.05, 0) is 25.7 Å². The lowest BCUT2D eigenvalue weighted by molar-refractivity contribution is -0.154. The van der Waals surface area contributed by atoms with E-state index in [-0.39, 0.29) is 43.8 Å². The number of aliphatic hydroxyl groups is 1. The monoisotopic (exact) mass is 626 g/mol. The zero-order chi connectivity index (χ0) is 31.7. The van der Waals surface area contributed by atoms with E-state index in [9.17, 15) is 29.1 Å². The summed E-state index contributed by atoms with van der Waals surface area (Å²) in [6, 6.07) is 1.17. The standard InChI is InChI=1S/C31H52N3O8P/c1-4-7-18-43(19-8-5-2,20-9-6-3)21-10-16-32-27(37)13-11-24(36)12-14-30(39)42-25-22-29(41-26(25)23-35)34-17-15-28(38)33-31(34)40/h15,17,25-26,29,35H,4-14,16,18-23H2,1-3H3,(H-,32,33,37,38,40)/p+1/t25?,26-,29-/m1/s1. The SMILES string of the molecule is CCCC[P+](CCCC)(CCCC)CCCNC(=O)CCC(=O)CCC(=O)OC1C[C@H](n2ccc(=O)[nH]c2=O)O[C@@H]1CO. The summed E-state index contributed by atoms with van der Waals surface area (Å²) in [5.41, 5.74) is -1.22. The summed E-state index contributed by atoms with van der Waals surface area (Å²) < 4.78 is 12.2. The third-order valence-electron chi connectivity index (χ3n) is 8.13. The number of Topliss-reactive ketones (excluding diaryl/α,β-unsaturated/α-hetero) is 1. The van der Waals surface area contributed by atoms with Crippen molar-refractivity contribution in [1.82, 2.24) is 14.9 Å². The second-order valence-corrected chi connectivity index (χ2v) is 16.1. The van der Waals surface area contributed by atoms with E-state index in [0.29, 0.717) is 6.54 Å². The molecule has 0 saturated carbocycles. The predicted molar refractivity (Wildman–Crippen MR) is 169 cm³/mol. The molecular formula is C31H53N3O8P+. The van der Waals surface area contributed by atoms with Crippen LogP contribution in [0.5, 0.6) is 0 Å². The number of hydrogen-bond acceptors (Lipinski definition) is 8. The second-order valence-electron chi connectivity index (χ2n) is 11.6. The van der Waals surface area contributed by atoms with Crippen LogP contribution in [0.2, 0.25) is 0 Å². The van der Waals surface area contributed by atoms with Gasteiger partial charge in [0.15, 0.2) is 0 Å². The average molecular weight is 627 g/mol. The Balaban J connectivity index is 1.71. The fraction of sp³-hybridized carbons (Fsp3) is 0.774. The van der Waals surface area contributed by atoms with Gasteiger partial charge in [0.2, 0.25) is 5.91 Å². The quantitative estimate of drug-likeness (QED) is 0.0997. The molecule has 1 aliphatic rings. The molecule has 0 spiro atoms. The van der Waals surface area contributed by atoms with Gasteiger partial charge in [-0.2, -0.15) is 0 Å². The maximum absolute atomic E-state index is 12.4. The number of aliphatic hydroxyl groups excluding tert-OH is 1. The van der Waals surface area contributed by atoms with Crippen LogP contribution < -0.4 is 16.6 Å². The molecule has 11 nitrogen and oxygen atoms in total. The molecule has 3 atom stereocenters. The molecule has 1 saturated heterocycles. The topological polar surface area (TPSA) is 157 Å². The molecule has 1 fully saturated rings. The summed E-state index contributed by atoms with van der Waals surface area (Å²) in [5, 5.41) is 12.6. The number of nitrogens with zero attached hydrogens (tertiary/aromatic N) is 1. The van der Waals surface area contributed by atoms with Gasteiger partial charge in [-0.3, -0.25) is 28.7 Å². The number of hydrogen-bond donors (Lipinski definition) is 3. The molecule has 3 N–H and O–H groups in total. The molecule has 0 aliphatic carbocycles. The summed E-state index contributed by atoms with van der Waals surface area (Å²) in [6.07, 6.45) is 12.7. The van der Waals surface area contributed by atoms with Crippen molar-refractivity contribution in [2.45, 2.75) is 116 Å². The van der Waals surface area contributed by atoms with Gasteiger partial charge >= 0.3 is 11.7 Å².